The van der Waals surface area contributed by atoms with Crippen LogP contribution in [-0.4, -0.2) is 59.1 Å². The number of hydrogen-bond donors (Lipinski definition) is 4. The molecule has 6 heteroatoms. The Hall–Kier alpha value is -1.47. The number of fused-ring (bicyclic) bond motifs is 3. The predicted octanol–water partition coefficient (Wildman–Crippen LogP) is 3.55. The van der Waals surface area contributed by atoms with Crippen molar-refractivity contribution in [2.24, 2.45) is 11.3 Å². The molecule has 3 atom stereocenters. The highest BCUT2D eigenvalue weighted by atomic mass is 16.5. The molecule has 0 aliphatic heterocycles. The SMILES string of the molecule is CC(C)c1cc2c(cc1OCC(O)CNC(C)(CO)CO)[C@@]1(C)CCCC(C)(C)[C@@H]1CC2=O. The summed E-state index contributed by atoms with van der Waals surface area (Å²) in [5, 5.41) is 32.3. The molecule has 0 saturated heterocycles. The molecule has 0 aromatic heterocycles. The number of β-amino-alcohol motifs (C(OH)–C–C–N with tert-alkyl or cyclic N) is 1. The molecule has 33 heavy (non-hydrogen) atoms. The van der Waals surface area contributed by atoms with Crippen molar-refractivity contribution in [3.8, 4) is 5.75 Å². The summed E-state index contributed by atoms with van der Waals surface area (Å²) >= 11 is 0. The van der Waals surface area contributed by atoms with Gasteiger partial charge in [0, 0.05) is 18.5 Å². The Morgan fingerprint density at radius 3 is 2.45 bits per heavy atom. The van der Waals surface area contributed by atoms with Gasteiger partial charge in [0.2, 0.25) is 0 Å². The third-order valence-corrected chi connectivity index (χ3v) is 8.20. The molecule has 1 saturated carbocycles. The highest BCUT2D eigenvalue weighted by molar-refractivity contribution is 6.00. The van der Waals surface area contributed by atoms with E-state index in [9.17, 15) is 20.1 Å². The molecule has 2 aliphatic rings. The first-order chi connectivity index (χ1) is 15.4. The Kier molecular flexibility index (Phi) is 7.64. The van der Waals surface area contributed by atoms with Crippen molar-refractivity contribution < 1.29 is 24.9 Å². The monoisotopic (exact) mass is 461 g/mol. The van der Waals surface area contributed by atoms with Crippen molar-refractivity contribution in [2.75, 3.05) is 26.4 Å². The standard InChI is InChI=1S/C27H43NO5/c1-17(2)19-10-20-21(27(6)9-7-8-25(3,4)24(27)12-22(20)32)11-23(19)33-14-18(31)13-28-26(5,15-29)16-30/h10-11,17-18,24,28-31H,7-9,12-16H2,1-6H3/t18?,24-,27+/m0/s1. The number of rotatable bonds is 9. The van der Waals surface area contributed by atoms with Crippen LogP contribution in [0.3, 0.4) is 0 Å². The van der Waals surface area contributed by atoms with Crippen LogP contribution >= 0.6 is 0 Å². The number of benzene rings is 1. The fraction of sp³-hybridized carbons (Fsp3) is 0.741. The molecule has 1 fully saturated rings. The van der Waals surface area contributed by atoms with Gasteiger partial charge in [0.25, 0.3) is 0 Å². The quantitative estimate of drug-likeness (QED) is 0.449. The summed E-state index contributed by atoms with van der Waals surface area (Å²) in [5.41, 5.74) is 2.11. The number of carbonyl (C=O) groups is 1. The summed E-state index contributed by atoms with van der Waals surface area (Å²) in [6.07, 6.45) is 3.15. The number of Topliss-reactive ketones (excluding diaryl/α,β-unsaturated/α-hetero) is 1. The zero-order valence-corrected chi connectivity index (χ0v) is 21.2. The molecule has 0 amide bonds. The van der Waals surface area contributed by atoms with Gasteiger partial charge in [-0.1, -0.05) is 41.0 Å². The first-order valence-corrected chi connectivity index (χ1v) is 12.4. The number of nitrogens with one attached hydrogen (secondary N) is 1. The van der Waals surface area contributed by atoms with Gasteiger partial charge in [-0.05, 0) is 65.7 Å². The van der Waals surface area contributed by atoms with E-state index < -0.39 is 11.6 Å². The summed E-state index contributed by atoms with van der Waals surface area (Å²) in [4.78, 5) is 13.2. The fourth-order valence-electron chi connectivity index (χ4n) is 5.89. The molecular formula is C27H43NO5. The van der Waals surface area contributed by atoms with Crippen molar-refractivity contribution in [1.29, 1.82) is 0 Å². The zero-order valence-electron chi connectivity index (χ0n) is 21.2. The summed E-state index contributed by atoms with van der Waals surface area (Å²) in [5.74, 6) is 1.44. The van der Waals surface area contributed by atoms with Crippen LogP contribution in [0.1, 0.15) is 94.6 Å². The van der Waals surface area contributed by atoms with Crippen molar-refractivity contribution in [3.63, 3.8) is 0 Å². The molecule has 0 heterocycles. The maximum Gasteiger partial charge on any atom is 0.163 e. The van der Waals surface area contributed by atoms with E-state index in [0.29, 0.717) is 12.3 Å². The largest absolute Gasteiger partial charge is 0.491 e. The number of ketones is 1. The molecule has 0 radical (unpaired) electrons. The van der Waals surface area contributed by atoms with Gasteiger partial charge in [-0.25, -0.2) is 0 Å². The highest BCUT2D eigenvalue weighted by Gasteiger charge is 2.52. The van der Waals surface area contributed by atoms with Gasteiger partial charge in [-0.2, -0.15) is 0 Å². The van der Waals surface area contributed by atoms with Crippen molar-refractivity contribution in [3.05, 3.63) is 28.8 Å². The minimum absolute atomic E-state index is 0.0666. The van der Waals surface area contributed by atoms with E-state index in [2.05, 4.69) is 46.0 Å². The predicted molar refractivity (Wildman–Crippen MR) is 130 cm³/mol. The van der Waals surface area contributed by atoms with E-state index in [1.54, 1.807) is 6.92 Å². The molecule has 3 rings (SSSR count). The molecule has 186 valence electrons. The summed E-state index contributed by atoms with van der Waals surface area (Å²) < 4.78 is 6.14. The Labute approximate surface area is 198 Å². The Balaban J connectivity index is 1.88. The zero-order chi connectivity index (χ0) is 24.6. The van der Waals surface area contributed by atoms with Crippen LogP contribution in [0.2, 0.25) is 0 Å². The van der Waals surface area contributed by atoms with Crippen molar-refractivity contribution in [1.82, 2.24) is 5.32 Å². The number of ether oxygens (including phenoxy) is 1. The normalized spacial score (nSPS) is 25.5. The second-order valence-corrected chi connectivity index (χ2v) is 11.8. The number of aliphatic hydroxyl groups excluding tert-OH is 3. The summed E-state index contributed by atoms with van der Waals surface area (Å²) in [7, 11) is 0. The Bertz CT molecular complexity index is 860. The molecule has 0 spiro atoms. The lowest BCUT2D eigenvalue weighted by atomic mass is 9.50. The molecule has 1 aromatic carbocycles. The van der Waals surface area contributed by atoms with Gasteiger partial charge in [-0.3, -0.25) is 4.79 Å². The van der Waals surface area contributed by atoms with Crippen LogP contribution in [-0.2, 0) is 5.41 Å². The van der Waals surface area contributed by atoms with Crippen molar-refractivity contribution in [2.45, 2.75) is 90.2 Å². The maximum atomic E-state index is 13.2. The van der Waals surface area contributed by atoms with Crippen LogP contribution in [0.25, 0.3) is 0 Å². The van der Waals surface area contributed by atoms with Crippen LogP contribution < -0.4 is 10.1 Å². The van der Waals surface area contributed by atoms with Gasteiger partial charge < -0.3 is 25.4 Å². The average Bonchev–Trinajstić information content (AvgIpc) is 2.77. The molecule has 2 aliphatic carbocycles. The minimum Gasteiger partial charge on any atom is -0.491 e. The maximum absolute atomic E-state index is 13.2. The summed E-state index contributed by atoms with van der Waals surface area (Å²) in [6, 6.07) is 4.10. The van der Waals surface area contributed by atoms with E-state index in [1.807, 2.05) is 6.07 Å². The minimum atomic E-state index is -0.854. The highest BCUT2D eigenvalue weighted by Crippen LogP contribution is 2.57. The lowest BCUT2D eigenvalue weighted by molar-refractivity contribution is 0.0365. The lowest BCUT2D eigenvalue weighted by Gasteiger charge is -2.54. The van der Waals surface area contributed by atoms with E-state index in [4.69, 9.17) is 4.74 Å². The molecular weight excluding hydrogens is 418 g/mol. The van der Waals surface area contributed by atoms with Crippen molar-refractivity contribution >= 4 is 5.78 Å². The topological polar surface area (TPSA) is 99.0 Å². The lowest BCUT2D eigenvalue weighted by Crippen LogP contribution is -2.52. The molecule has 6 nitrogen and oxygen atoms in total. The van der Waals surface area contributed by atoms with Crippen LogP contribution in [0.15, 0.2) is 12.1 Å². The smallest absolute Gasteiger partial charge is 0.163 e. The van der Waals surface area contributed by atoms with E-state index in [1.165, 1.54) is 0 Å². The van der Waals surface area contributed by atoms with E-state index in [-0.39, 0.29) is 48.9 Å². The van der Waals surface area contributed by atoms with Crippen LogP contribution in [0, 0.1) is 11.3 Å². The van der Waals surface area contributed by atoms with Gasteiger partial charge in [0.1, 0.15) is 18.5 Å². The molecule has 1 unspecified atom stereocenters. The molecule has 0 bridgehead atoms. The van der Waals surface area contributed by atoms with Gasteiger partial charge in [-0.15, -0.1) is 0 Å². The van der Waals surface area contributed by atoms with Gasteiger partial charge in [0.05, 0.1) is 18.8 Å². The van der Waals surface area contributed by atoms with Gasteiger partial charge in [0.15, 0.2) is 5.78 Å². The Morgan fingerprint density at radius 2 is 1.85 bits per heavy atom. The second-order valence-electron chi connectivity index (χ2n) is 11.8. The molecule has 4 N–H and O–H groups in total. The third kappa shape index (κ3) is 5.14. The summed E-state index contributed by atoms with van der Waals surface area (Å²) in [6.45, 7) is 12.6. The van der Waals surface area contributed by atoms with Gasteiger partial charge >= 0.3 is 0 Å². The average molecular weight is 462 g/mol. The van der Waals surface area contributed by atoms with Crippen LogP contribution in [0.5, 0.6) is 5.75 Å². The van der Waals surface area contributed by atoms with Crippen LogP contribution in [0.4, 0.5) is 0 Å². The number of hydrogen-bond acceptors (Lipinski definition) is 6. The Morgan fingerprint density at radius 1 is 1.18 bits per heavy atom. The first-order valence-electron chi connectivity index (χ1n) is 12.4. The third-order valence-electron chi connectivity index (χ3n) is 8.20. The van der Waals surface area contributed by atoms with E-state index in [0.717, 1.165) is 41.7 Å². The number of aliphatic hydroxyl groups is 3. The fourth-order valence-corrected chi connectivity index (χ4v) is 5.89. The second kappa shape index (κ2) is 9.65. The van der Waals surface area contributed by atoms with E-state index >= 15 is 0 Å². The molecule has 1 aromatic rings. The number of carbonyl (C=O) groups excluding carboxylic acids is 1. The first kappa shape index (κ1) is 26.1.